The van der Waals surface area contributed by atoms with Crippen LogP contribution < -0.4 is 5.32 Å². The van der Waals surface area contributed by atoms with Crippen molar-refractivity contribution in [3.05, 3.63) is 59.7 Å². The first-order valence-corrected chi connectivity index (χ1v) is 11.0. The SMILES string of the molecule is CC(NC(=O)OCC1c2ccccc2-c2ccccc21)C(C)C(=O)N1CCC[C@@H]1C(=O)O. The zero-order chi connectivity index (χ0) is 22.8. The van der Waals surface area contributed by atoms with E-state index in [1.54, 1.807) is 13.8 Å². The molecule has 0 spiro atoms. The summed E-state index contributed by atoms with van der Waals surface area (Å²) in [5, 5.41) is 12.1. The number of likely N-dealkylation sites (tertiary alicyclic amines) is 1. The normalized spacial score (nSPS) is 19.1. The van der Waals surface area contributed by atoms with Crippen LogP contribution >= 0.6 is 0 Å². The molecule has 7 heteroatoms. The van der Waals surface area contributed by atoms with Crippen molar-refractivity contribution < 1.29 is 24.2 Å². The Bertz CT molecular complexity index is 991. The Labute approximate surface area is 187 Å². The number of rotatable bonds is 6. The summed E-state index contributed by atoms with van der Waals surface area (Å²) in [6, 6.07) is 14.9. The molecule has 0 saturated carbocycles. The molecule has 3 atom stereocenters. The largest absolute Gasteiger partial charge is 0.480 e. The lowest BCUT2D eigenvalue weighted by Gasteiger charge is -2.28. The molecular weight excluding hydrogens is 408 g/mol. The first-order chi connectivity index (χ1) is 15.4. The lowest BCUT2D eigenvalue weighted by Crippen LogP contribution is -2.49. The molecule has 2 N–H and O–H groups in total. The number of hydrogen-bond donors (Lipinski definition) is 2. The number of ether oxygens (including phenoxy) is 1. The van der Waals surface area contributed by atoms with Gasteiger partial charge in [-0.1, -0.05) is 55.5 Å². The number of carboxylic acids is 1. The second kappa shape index (κ2) is 9.02. The van der Waals surface area contributed by atoms with Crippen LogP contribution in [0.4, 0.5) is 4.79 Å². The van der Waals surface area contributed by atoms with E-state index >= 15 is 0 Å². The Morgan fingerprint density at radius 2 is 1.66 bits per heavy atom. The summed E-state index contributed by atoms with van der Waals surface area (Å²) in [5.41, 5.74) is 4.57. The molecule has 1 aliphatic carbocycles. The molecule has 0 bridgehead atoms. The monoisotopic (exact) mass is 436 g/mol. The number of carboxylic acid groups (broad SMARTS) is 1. The van der Waals surface area contributed by atoms with Gasteiger partial charge in [-0.15, -0.1) is 0 Å². The maximum Gasteiger partial charge on any atom is 0.407 e. The fourth-order valence-electron chi connectivity index (χ4n) is 4.71. The van der Waals surface area contributed by atoms with Gasteiger partial charge in [-0.05, 0) is 42.0 Å². The molecule has 2 aliphatic rings. The minimum atomic E-state index is -0.986. The molecule has 1 heterocycles. The fraction of sp³-hybridized carbons (Fsp3) is 0.400. The number of carbonyl (C=O) groups is 3. The van der Waals surface area contributed by atoms with E-state index in [0.29, 0.717) is 19.4 Å². The summed E-state index contributed by atoms with van der Waals surface area (Å²) in [4.78, 5) is 38.1. The van der Waals surface area contributed by atoms with Crippen LogP contribution in [0.25, 0.3) is 11.1 Å². The number of aliphatic carboxylic acids is 1. The van der Waals surface area contributed by atoms with Crippen molar-refractivity contribution in [1.82, 2.24) is 10.2 Å². The van der Waals surface area contributed by atoms with E-state index in [9.17, 15) is 19.5 Å². The van der Waals surface area contributed by atoms with Gasteiger partial charge in [0, 0.05) is 18.5 Å². The standard InChI is InChI=1S/C25H28N2O5/c1-15(23(28)27-13-7-12-22(27)24(29)30)16(2)26-25(31)32-14-21-19-10-5-3-8-17(19)18-9-4-6-11-20(18)21/h3-6,8-11,15-16,21-22H,7,12-14H2,1-2H3,(H,26,31)(H,29,30)/t15?,16?,22-/m1/s1. The fourth-order valence-corrected chi connectivity index (χ4v) is 4.71. The third kappa shape index (κ3) is 4.07. The van der Waals surface area contributed by atoms with Crippen LogP contribution in [0.3, 0.4) is 0 Å². The van der Waals surface area contributed by atoms with Crippen LogP contribution in [0.2, 0.25) is 0 Å². The third-order valence-corrected chi connectivity index (χ3v) is 6.65. The van der Waals surface area contributed by atoms with Crippen molar-refractivity contribution in [2.45, 2.75) is 44.7 Å². The molecule has 2 aromatic rings. The van der Waals surface area contributed by atoms with E-state index < -0.39 is 30.1 Å². The summed E-state index contributed by atoms with van der Waals surface area (Å²) >= 11 is 0. The summed E-state index contributed by atoms with van der Waals surface area (Å²) in [7, 11) is 0. The van der Waals surface area contributed by atoms with Crippen LogP contribution in [-0.4, -0.2) is 53.2 Å². The van der Waals surface area contributed by atoms with Crippen molar-refractivity contribution >= 4 is 18.0 Å². The van der Waals surface area contributed by atoms with Gasteiger partial charge in [0.1, 0.15) is 12.6 Å². The number of nitrogens with zero attached hydrogens (tertiary/aromatic N) is 1. The van der Waals surface area contributed by atoms with Crippen LogP contribution in [-0.2, 0) is 14.3 Å². The molecule has 2 aromatic carbocycles. The summed E-state index contributed by atoms with van der Waals surface area (Å²) in [6.45, 7) is 4.06. The van der Waals surface area contributed by atoms with Crippen molar-refractivity contribution in [3.63, 3.8) is 0 Å². The number of benzene rings is 2. The van der Waals surface area contributed by atoms with E-state index in [4.69, 9.17) is 4.74 Å². The Morgan fingerprint density at radius 1 is 1.06 bits per heavy atom. The predicted molar refractivity (Wildman–Crippen MR) is 119 cm³/mol. The van der Waals surface area contributed by atoms with Gasteiger partial charge in [0.2, 0.25) is 5.91 Å². The minimum Gasteiger partial charge on any atom is -0.480 e. The van der Waals surface area contributed by atoms with Gasteiger partial charge in [0.05, 0.1) is 5.92 Å². The van der Waals surface area contributed by atoms with E-state index in [-0.39, 0.29) is 18.4 Å². The van der Waals surface area contributed by atoms with Crippen molar-refractivity contribution in [2.24, 2.45) is 5.92 Å². The molecule has 32 heavy (non-hydrogen) atoms. The molecule has 2 amide bonds. The first-order valence-electron chi connectivity index (χ1n) is 11.0. The van der Waals surface area contributed by atoms with Crippen molar-refractivity contribution in [3.8, 4) is 11.1 Å². The van der Waals surface area contributed by atoms with Crippen LogP contribution in [0.5, 0.6) is 0 Å². The molecule has 1 saturated heterocycles. The Hall–Kier alpha value is -3.35. The molecule has 168 valence electrons. The number of carbonyl (C=O) groups excluding carboxylic acids is 2. The molecule has 0 radical (unpaired) electrons. The van der Waals surface area contributed by atoms with Gasteiger partial charge >= 0.3 is 12.1 Å². The summed E-state index contributed by atoms with van der Waals surface area (Å²) < 4.78 is 5.56. The number of amides is 2. The highest BCUT2D eigenvalue weighted by atomic mass is 16.5. The predicted octanol–water partition coefficient (Wildman–Crippen LogP) is 3.63. The molecule has 7 nitrogen and oxygen atoms in total. The van der Waals surface area contributed by atoms with Crippen LogP contribution in [0.1, 0.15) is 43.7 Å². The Balaban J connectivity index is 1.36. The average Bonchev–Trinajstić information content (AvgIpc) is 3.40. The molecule has 1 aliphatic heterocycles. The average molecular weight is 437 g/mol. The second-order valence-corrected chi connectivity index (χ2v) is 8.58. The highest BCUT2D eigenvalue weighted by molar-refractivity contribution is 5.86. The van der Waals surface area contributed by atoms with Gasteiger partial charge in [0.25, 0.3) is 0 Å². The maximum absolute atomic E-state index is 12.8. The highest BCUT2D eigenvalue weighted by Crippen LogP contribution is 2.44. The topological polar surface area (TPSA) is 95.9 Å². The molecule has 2 unspecified atom stereocenters. The van der Waals surface area contributed by atoms with Crippen molar-refractivity contribution in [1.29, 1.82) is 0 Å². The van der Waals surface area contributed by atoms with Gasteiger partial charge in [0.15, 0.2) is 0 Å². The lowest BCUT2D eigenvalue weighted by molar-refractivity contribution is -0.150. The zero-order valence-corrected chi connectivity index (χ0v) is 18.3. The van der Waals surface area contributed by atoms with Crippen LogP contribution in [0, 0.1) is 5.92 Å². The van der Waals surface area contributed by atoms with Crippen molar-refractivity contribution in [2.75, 3.05) is 13.2 Å². The highest BCUT2D eigenvalue weighted by Gasteiger charge is 2.37. The number of hydrogen-bond acceptors (Lipinski definition) is 4. The third-order valence-electron chi connectivity index (χ3n) is 6.65. The lowest BCUT2D eigenvalue weighted by atomic mass is 9.98. The van der Waals surface area contributed by atoms with Gasteiger partial charge in [-0.25, -0.2) is 9.59 Å². The molecular formula is C25H28N2O5. The van der Waals surface area contributed by atoms with Crippen LogP contribution in [0.15, 0.2) is 48.5 Å². The number of nitrogens with one attached hydrogen (secondary N) is 1. The first kappa shape index (κ1) is 21.9. The van der Waals surface area contributed by atoms with E-state index in [0.717, 1.165) is 22.3 Å². The van der Waals surface area contributed by atoms with Gasteiger partial charge < -0.3 is 20.1 Å². The second-order valence-electron chi connectivity index (χ2n) is 8.58. The Morgan fingerprint density at radius 3 is 2.25 bits per heavy atom. The van der Waals surface area contributed by atoms with E-state index in [1.807, 2.05) is 24.3 Å². The van der Waals surface area contributed by atoms with Gasteiger partial charge in [-0.3, -0.25) is 4.79 Å². The molecule has 4 rings (SSSR count). The minimum absolute atomic E-state index is 0.0385. The molecule has 1 fully saturated rings. The zero-order valence-electron chi connectivity index (χ0n) is 18.3. The number of fused-ring (bicyclic) bond motifs is 3. The summed E-state index contributed by atoms with van der Waals surface area (Å²) in [6.07, 6.45) is 0.543. The van der Waals surface area contributed by atoms with E-state index in [2.05, 4.69) is 29.6 Å². The van der Waals surface area contributed by atoms with E-state index in [1.165, 1.54) is 4.90 Å². The van der Waals surface area contributed by atoms with Gasteiger partial charge in [-0.2, -0.15) is 0 Å². The summed E-state index contributed by atoms with van der Waals surface area (Å²) in [5.74, 6) is -1.85. The maximum atomic E-state index is 12.8. The molecule has 0 aromatic heterocycles. The smallest absolute Gasteiger partial charge is 0.407 e. The number of alkyl carbamates (subject to hydrolysis) is 1. The Kier molecular flexibility index (Phi) is 6.17. The quantitative estimate of drug-likeness (QED) is 0.721.